The Hall–Kier alpha value is -1.58. The van der Waals surface area contributed by atoms with Gasteiger partial charge in [-0.2, -0.15) is 13.2 Å². The number of aromatic nitrogens is 1. The van der Waals surface area contributed by atoms with Gasteiger partial charge in [0, 0.05) is 26.2 Å². The van der Waals surface area contributed by atoms with Crippen LogP contribution in [-0.4, -0.2) is 48.1 Å². The molecule has 1 aromatic rings. The van der Waals surface area contributed by atoms with Crippen LogP contribution in [0.4, 0.5) is 24.8 Å². The third-order valence-corrected chi connectivity index (χ3v) is 3.08. The van der Waals surface area contributed by atoms with E-state index in [0.717, 1.165) is 25.2 Å². The van der Waals surface area contributed by atoms with E-state index in [1.807, 2.05) is 12.1 Å². The number of pyridine rings is 1. The third kappa shape index (κ3) is 3.71. The number of anilines is 2. The summed E-state index contributed by atoms with van der Waals surface area (Å²) in [6, 6.07) is 1.84. The maximum Gasteiger partial charge on any atom is 0.416 e. The topological polar surface area (TPSA) is 69.5 Å². The van der Waals surface area contributed by atoms with E-state index in [1.165, 1.54) is 0 Å². The van der Waals surface area contributed by atoms with Crippen LogP contribution in [0.2, 0.25) is 0 Å². The number of likely N-dealkylation sites (N-methyl/N-ethyl adjacent to an activating group) is 1. The molecular weight excluding hydrogens is 273 g/mol. The molecule has 0 unspecified atom stereocenters. The lowest BCUT2D eigenvalue weighted by atomic mass is 10.2. The van der Waals surface area contributed by atoms with Crippen LogP contribution in [-0.2, 0) is 6.18 Å². The lowest BCUT2D eigenvalue weighted by molar-refractivity contribution is -0.137. The van der Waals surface area contributed by atoms with Gasteiger partial charge in [0.15, 0.2) is 0 Å². The predicted octanol–water partition coefficient (Wildman–Crippen LogP) is 0.960. The quantitative estimate of drug-likeness (QED) is 0.569. The Balaban J connectivity index is 2.14. The van der Waals surface area contributed by atoms with Crippen LogP contribution in [0.15, 0.2) is 12.1 Å². The molecule has 1 fully saturated rings. The fourth-order valence-corrected chi connectivity index (χ4v) is 1.91. The number of halogens is 3. The van der Waals surface area contributed by atoms with Gasteiger partial charge in [0.05, 0.1) is 5.56 Å². The van der Waals surface area contributed by atoms with Crippen LogP contribution < -0.4 is 16.7 Å². The number of hydrogen-bond acceptors (Lipinski definition) is 6. The van der Waals surface area contributed by atoms with Crippen molar-refractivity contribution >= 4 is 11.6 Å². The van der Waals surface area contributed by atoms with Crippen molar-refractivity contribution in [3.63, 3.8) is 0 Å². The number of nitrogens with one attached hydrogen (secondary N) is 2. The van der Waals surface area contributed by atoms with Gasteiger partial charge in [-0.3, -0.25) is 0 Å². The number of nitrogens with zero attached hydrogens (tertiary/aromatic N) is 3. The van der Waals surface area contributed by atoms with Crippen molar-refractivity contribution in [2.45, 2.75) is 6.18 Å². The highest BCUT2D eigenvalue weighted by Gasteiger charge is 2.32. The van der Waals surface area contributed by atoms with E-state index < -0.39 is 11.7 Å². The lowest BCUT2D eigenvalue weighted by Crippen LogP contribution is -2.47. The Labute approximate surface area is 114 Å². The molecule has 0 amide bonds. The minimum Gasteiger partial charge on any atom is -0.308 e. The molecule has 6 nitrogen and oxygen atoms in total. The van der Waals surface area contributed by atoms with Crippen LogP contribution in [0.25, 0.3) is 0 Å². The zero-order chi connectivity index (χ0) is 14.8. The summed E-state index contributed by atoms with van der Waals surface area (Å²) in [7, 11) is 2.00. The van der Waals surface area contributed by atoms with E-state index in [1.54, 1.807) is 0 Å². The molecule has 1 saturated heterocycles. The number of nitrogens with two attached hydrogens (primary N) is 1. The van der Waals surface area contributed by atoms with Crippen LogP contribution in [0.1, 0.15) is 5.56 Å². The summed E-state index contributed by atoms with van der Waals surface area (Å²) >= 11 is 0. The molecule has 0 bridgehead atoms. The minimum atomic E-state index is -4.44. The Bertz CT molecular complexity index is 456. The zero-order valence-corrected chi connectivity index (χ0v) is 11.0. The van der Waals surface area contributed by atoms with Crippen LogP contribution in [0.3, 0.4) is 0 Å². The highest BCUT2D eigenvalue weighted by molar-refractivity contribution is 5.48. The summed E-state index contributed by atoms with van der Waals surface area (Å²) in [4.78, 5) is 6.12. The Kier molecular flexibility index (Phi) is 4.31. The fraction of sp³-hybridized carbons (Fsp3) is 0.545. The van der Waals surface area contributed by atoms with E-state index in [9.17, 15) is 13.2 Å². The smallest absolute Gasteiger partial charge is 0.308 e. The number of rotatable bonds is 3. The van der Waals surface area contributed by atoms with E-state index in [2.05, 4.69) is 20.7 Å². The first-order valence-corrected chi connectivity index (χ1v) is 6.14. The van der Waals surface area contributed by atoms with E-state index >= 15 is 0 Å². The molecular formula is C11H17F3N6. The van der Waals surface area contributed by atoms with Crippen molar-refractivity contribution in [1.82, 2.24) is 14.9 Å². The minimum absolute atomic E-state index is 0.0311. The molecule has 1 aromatic heterocycles. The second-order valence-corrected chi connectivity index (χ2v) is 4.67. The summed E-state index contributed by atoms with van der Waals surface area (Å²) in [5.74, 6) is 5.25. The van der Waals surface area contributed by atoms with Gasteiger partial charge in [0.25, 0.3) is 0 Å². The molecule has 0 aromatic carbocycles. The van der Waals surface area contributed by atoms with Gasteiger partial charge in [-0.15, -0.1) is 0 Å². The Morgan fingerprint density at radius 1 is 1.15 bits per heavy atom. The second-order valence-electron chi connectivity index (χ2n) is 4.67. The maximum atomic E-state index is 12.8. The highest BCUT2D eigenvalue weighted by Crippen LogP contribution is 2.31. The van der Waals surface area contributed by atoms with Gasteiger partial charge in [0.2, 0.25) is 0 Å². The first-order chi connectivity index (χ1) is 9.38. The molecule has 1 aliphatic rings. The fourth-order valence-electron chi connectivity index (χ4n) is 1.91. The summed E-state index contributed by atoms with van der Waals surface area (Å²) in [6.45, 7) is 3.10. The number of hydrazine groups is 2. The first kappa shape index (κ1) is 14.8. The standard InChI is InChI=1S/C11H17F3N6/c1-19-2-4-20(5-3-19)18-10-7-8(11(12,13)14)6-9(16-10)17-15/h6-7H,2-5,15H2,1H3,(H2,16,17,18). The molecule has 0 spiro atoms. The number of alkyl halides is 3. The van der Waals surface area contributed by atoms with Gasteiger partial charge >= 0.3 is 6.18 Å². The van der Waals surface area contributed by atoms with Crippen molar-refractivity contribution in [2.24, 2.45) is 5.84 Å². The van der Waals surface area contributed by atoms with Gasteiger partial charge in [-0.05, 0) is 19.2 Å². The van der Waals surface area contributed by atoms with E-state index in [-0.39, 0.29) is 11.6 Å². The SMILES string of the molecule is CN1CCN(Nc2cc(C(F)(F)F)cc(NN)n2)CC1. The average Bonchev–Trinajstić information content (AvgIpc) is 2.40. The molecule has 0 saturated carbocycles. The zero-order valence-electron chi connectivity index (χ0n) is 11.0. The summed E-state index contributed by atoms with van der Waals surface area (Å²) in [6.07, 6.45) is -4.44. The number of hydrogen-bond donors (Lipinski definition) is 3. The largest absolute Gasteiger partial charge is 0.416 e. The third-order valence-electron chi connectivity index (χ3n) is 3.08. The van der Waals surface area contributed by atoms with Crippen LogP contribution in [0, 0.1) is 0 Å². The molecule has 4 N–H and O–H groups in total. The number of nitrogen functional groups attached to an aromatic ring is 1. The normalized spacial score (nSPS) is 18.1. The molecule has 0 atom stereocenters. The van der Waals surface area contributed by atoms with Gasteiger partial charge in [-0.25, -0.2) is 15.8 Å². The lowest BCUT2D eigenvalue weighted by Gasteiger charge is -2.32. The highest BCUT2D eigenvalue weighted by atomic mass is 19.4. The number of piperazine rings is 1. The summed E-state index contributed by atoms with van der Waals surface area (Å²) < 4.78 is 38.3. The summed E-state index contributed by atoms with van der Waals surface area (Å²) in [5, 5.41) is 1.84. The van der Waals surface area contributed by atoms with Crippen molar-refractivity contribution in [3.05, 3.63) is 17.7 Å². The van der Waals surface area contributed by atoms with Gasteiger partial charge in [-0.1, -0.05) is 0 Å². The summed E-state index contributed by atoms with van der Waals surface area (Å²) in [5.41, 5.74) is 4.24. The Morgan fingerprint density at radius 2 is 1.75 bits per heavy atom. The molecule has 0 aliphatic carbocycles. The maximum absolute atomic E-state index is 12.8. The molecule has 20 heavy (non-hydrogen) atoms. The molecule has 112 valence electrons. The van der Waals surface area contributed by atoms with Crippen molar-refractivity contribution in [3.8, 4) is 0 Å². The predicted molar refractivity (Wildman–Crippen MR) is 69.7 cm³/mol. The molecule has 0 radical (unpaired) electrons. The van der Waals surface area contributed by atoms with Gasteiger partial charge < -0.3 is 15.8 Å². The molecule has 2 heterocycles. The molecule has 9 heteroatoms. The van der Waals surface area contributed by atoms with Crippen LogP contribution >= 0.6 is 0 Å². The molecule has 1 aliphatic heterocycles. The molecule has 2 rings (SSSR count). The first-order valence-electron chi connectivity index (χ1n) is 6.14. The second kappa shape index (κ2) is 5.81. The van der Waals surface area contributed by atoms with Crippen LogP contribution in [0.5, 0.6) is 0 Å². The van der Waals surface area contributed by atoms with Crippen molar-refractivity contribution < 1.29 is 13.2 Å². The van der Waals surface area contributed by atoms with E-state index in [4.69, 9.17) is 5.84 Å². The van der Waals surface area contributed by atoms with Crippen molar-refractivity contribution in [1.29, 1.82) is 0 Å². The monoisotopic (exact) mass is 290 g/mol. The van der Waals surface area contributed by atoms with E-state index in [0.29, 0.717) is 13.1 Å². The van der Waals surface area contributed by atoms with Crippen molar-refractivity contribution in [2.75, 3.05) is 44.1 Å². The Morgan fingerprint density at radius 3 is 2.30 bits per heavy atom. The average molecular weight is 290 g/mol. The van der Waals surface area contributed by atoms with Gasteiger partial charge in [0.1, 0.15) is 11.6 Å².